The Bertz CT molecular complexity index is 505. The van der Waals surface area contributed by atoms with Gasteiger partial charge in [0.1, 0.15) is 0 Å². The molecule has 0 spiro atoms. The molecule has 23 heavy (non-hydrogen) atoms. The molecule has 0 heterocycles. The van der Waals surface area contributed by atoms with Crippen LogP contribution in [0.2, 0.25) is 0 Å². The summed E-state index contributed by atoms with van der Waals surface area (Å²) < 4.78 is 1.51. The zero-order valence-corrected chi connectivity index (χ0v) is 19.7. The first kappa shape index (κ1) is 27.9. The normalized spacial score (nSPS) is 9.30. The summed E-state index contributed by atoms with van der Waals surface area (Å²) in [5, 5.41) is 0. The molecule has 0 radical (unpaired) electrons. The zero-order chi connectivity index (χ0) is 16.6. The minimum atomic E-state index is 0. The van der Waals surface area contributed by atoms with Crippen molar-refractivity contribution in [2.24, 2.45) is 0 Å². The molecule has 2 aromatic carbocycles. The summed E-state index contributed by atoms with van der Waals surface area (Å²) in [4.78, 5) is 0. The predicted molar refractivity (Wildman–Crippen MR) is 93.3 cm³/mol. The van der Waals surface area contributed by atoms with E-state index in [4.69, 9.17) is 0 Å². The van der Waals surface area contributed by atoms with Crippen LogP contribution >= 0.6 is 0 Å². The van der Waals surface area contributed by atoms with E-state index in [0.717, 1.165) is 0 Å². The average Bonchev–Trinajstić information content (AvgIpc) is 2.95. The largest absolute Gasteiger partial charge is 1.00 e. The summed E-state index contributed by atoms with van der Waals surface area (Å²) >= 11 is 1.55. The van der Waals surface area contributed by atoms with E-state index in [9.17, 15) is 0 Å². The number of rotatable bonds is 0. The van der Waals surface area contributed by atoms with E-state index in [0.29, 0.717) is 5.41 Å². The summed E-state index contributed by atoms with van der Waals surface area (Å²) in [6.45, 7) is 17.4. The third-order valence-electron chi connectivity index (χ3n) is 3.30. The summed E-state index contributed by atoms with van der Waals surface area (Å²) in [6.07, 6.45) is 0. The number of hydrogen-bond acceptors (Lipinski definition) is 0. The minimum Gasteiger partial charge on any atom is -1.00 e. The topological polar surface area (TPSA) is 0 Å². The monoisotopic (exact) mass is 430 g/mol. The molecule has 0 saturated carbocycles. The van der Waals surface area contributed by atoms with E-state index in [1.807, 2.05) is 0 Å². The van der Waals surface area contributed by atoms with Gasteiger partial charge < -0.3 is 24.8 Å². The fourth-order valence-corrected chi connectivity index (χ4v) is 1.69. The fraction of sp³-hybridized carbons (Fsp3) is 0.450. The summed E-state index contributed by atoms with van der Waals surface area (Å²) in [5.74, 6) is 0. The van der Waals surface area contributed by atoms with Crippen LogP contribution in [-0.2, 0) is 29.7 Å². The maximum atomic E-state index is 2.22. The molecule has 0 atom stereocenters. The Hall–Kier alpha value is 0.0331. The van der Waals surface area contributed by atoms with Crippen molar-refractivity contribution >= 4 is 3.21 Å². The molecule has 0 aliphatic carbocycles. The van der Waals surface area contributed by atoms with Gasteiger partial charge in [-0.2, -0.15) is 52.6 Å². The molecule has 0 aliphatic heterocycles. The Morgan fingerprint density at radius 2 is 1.48 bits per heavy atom. The first-order chi connectivity index (χ1) is 9.55. The van der Waals surface area contributed by atoms with Crippen molar-refractivity contribution in [3.63, 3.8) is 0 Å². The van der Waals surface area contributed by atoms with Crippen LogP contribution in [0.15, 0.2) is 36.4 Å². The second-order valence-electron chi connectivity index (χ2n) is 6.75. The van der Waals surface area contributed by atoms with Crippen molar-refractivity contribution in [1.82, 2.24) is 0 Å². The van der Waals surface area contributed by atoms with E-state index >= 15 is 0 Å². The van der Waals surface area contributed by atoms with Crippen molar-refractivity contribution < 1.29 is 49.0 Å². The fourth-order valence-electron chi connectivity index (χ4n) is 1.69. The Kier molecular flexibility index (Phi) is 16.2. The van der Waals surface area contributed by atoms with E-state index in [2.05, 4.69) is 91.8 Å². The van der Waals surface area contributed by atoms with Crippen LogP contribution in [0.25, 0.3) is 0 Å². The molecule has 0 N–H and O–H groups in total. The summed E-state index contributed by atoms with van der Waals surface area (Å²) in [7, 11) is 0. The number of halogens is 2. The standard InChI is InChI=1S/C9H13.C8H11.C3H6.2ClH.Zr/c1-9(2,3)8-6-4-5-7-8;1-6-4-5-7(2)8(6)3;1-3-2;;;/h4-7H,1-3H3;4-5H,1-3H3;1-2H3;2*1H;/q2*-1;;;;+2/p-2. The second kappa shape index (κ2) is 13.3. The van der Waals surface area contributed by atoms with Crippen LogP contribution in [-0.4, -0.2) is 3.21 Å². The SMILES string of the molecule is CC(C)(C)c1cc[cH-]c1.C[C](C)=[Zr+2].Cc1c[cH-]c(C)c1C.[Cl-].[Cl-]. The Balaban J connectivity index is -0.000000267. The maximum Gasteiger partial charge on any atom is -0.0632 e. The van der Waals surface area contributed by atoms with Gasteiger partial charge in [-0.1, -0.05) is 47.0 Å². The van der Waals surface area contributed by atoms with Gasteiger partial charge in [-0.05, 0) is 0 Å². The first-order valence-corrected chi connectivity index (χ1v) is 8.72. The zero-order valence-electron chi connectivity index (χ0n) is 15.7. The molecule has 130 valence electrons. The molecule has 0 fully saturated rings. The van der Waals surface area contributed by atoms with Crippen LogP contribution in [0.5, 0.6) is 0 Å². The Morgan fingerprint density at radius 1 is 1.00 bits per heavy atom. The van der Waals surface area contributed by atoms with Crippen LogP contribution in [0, 0.1) is 20.8 Å². The molecule has 0 aromatic heterocycles. The first-order valence-electron chi connectivity index (χ1n) is 7.49. The van der Waals surface area contributed by atoms with Crippen molar-refractivity contribution in [3.05, 3.63) is 58.7 Å². The van der Waals surface area contributed by atoms with E-state index in [1.165, 1.54) is 25.5 Å². The molecular weight excluding hydrogens is 402 g/mol. The molecule has 2 aromatic rings. The van der Waals surface area contributed by atoms with Gasteiger partial charge in [-0.3, -0.25) is 0 Å². The number of aryl methyl sites for hydroxylation is 2. The third-order valence-corrected chi connectivity index (χ3v) is 3.30. The van der Waals surface area contributed by atoms with Crippen molar-refractivity contribution in [1.29, 1.82) is 0 Å². The molecule has 3 heteroatoms. The average molecular weight is 433 g/mol. The van der Waals surface area contributed by atoms with Crippen molar-refractivity contribution in [2.75, 3.05) is 0 Å². The van der Waals surface area contributed by atoms with Crippen LogP contribution in [0.1, 0.15) is 56.9 Å². The summed E-state index contributed by atoms with van der Waals surface area (Å²) in [5.41, 5.74) is 5.99. The van der Waals surface area contributed by atoms with E-state index in [1.54, 1.807) is 24.2 Å². The van der Waals surface area contributed by atoms with Gasteiger partial charge in [0.15, 0.2) is 0 Å². The number of hydrogen-bond donors (Lipinski definition) is 0. The molecule has 0 nitrogen and oxygen atoms in total. The van der Waals surface area contributed by atoms with E-state index in [-0.39, 0.29) is 24.8 Å². The molecule has 0 saturated heterocycles. The van der Waals surface area contributed by atoms with Gasteiger partial charge in [-0.15, -0.1) is 0 Å². The molecule has 2 rings (SSSR count). The Labute approximate surface area is 171 Å². The van der Waals surface area contributed by atoms with Gasteiger partial charge in [0, 0.05) is 0 Å². The Morgan fingerprint density at radius 3 is 1.61 bits per heavy atom. The minimum absolute atomic E-state index is 0. The van der Waals surface area contributed by atoms with Crippen LogP contribution in [0.4, 0.5) is 0 Å². The third kappa shape index (κ3) is 13.0. The van der Waals surface area contributed by atoms with Crippen molar-refractivity contribution in [2.45, 2.75) is 60.8 Å². The van der Waals surface area contributed by atoms with Gasteiger partial charge in [0.05, 0.1) is 0 Å². The smallest absolute Gasteiger partial charge is 0.0632 e. The van der Waals surface area contributed by atoms with Crippen LogP contribution in [0.3, 0.4) is 0 Å². The molecule has 0 bridgehead atoms. The molecule has 0 aliphatic rings. The van der Waals surface area contributed by atoms with E-state index < -0.39 is 0 Å². The second-order valence-corrected chi connectivity index (χ2v) is 9.21. The van der Waals surface area contributed by atoms with Gasteiger partial charge in [-0.25, -0.2) is 6.07 Å². The van der Waals surface area contributed by atoms with Gasteiger partial charge in [0.2, 0.25) is 0 Å². The van der Waals surface area contributed by atoms with Crippen LogP contribution < -0.4 is 24.8 Å². The maximum absolute atomic E-state index is 2.22. The quantitative estimate of drug-likeness (QED) is 0.506. The van der Waals surface area contributed by atoms with Gasteiger partial charge >= 0.3 is 41.3 Å². The molecular formula is C20H30Cl2Zr-2. The van der Waals surface area contributed by atoms with Crippen molar-refractivity contribution in [3.8, 4) is 0 Å². The van der Waals surface area contributed by atoms with Gasteiger partial charge in [0.25, 0.3) is 0 Å². The molecule has 0 unspecified atom stereocenters. The molecule has 0 amide bonds. The summed E-state index contributed by atoms with van der Waals surface area (Å²) in [6, 6.07) is 12.8. The predicted octanol–water partition coefficient (Wildman–Crippen LogP) is -0.213.